The van der Waals surface area contributed by atoms with Crippen LogP contribution in [0.4, 0.5) is 0 Å². The molecule has 0 heterocycles. The SMILES string of the molecule is O=S(=O)(O)C(c1ccccc1O)(c1ccc(Cl)cc1Cl)c1cc(O)cc(Cl)c1Cl. The highest BCUT2D eigenvalue weighted by atomic mass is 35.5. The smallest absolute Gasteiger partial charge is 0.283 e. The highest BCUT2D eigenvalue weighted by Gasteiger charge is 2.52. The van der Waals surface area contributed by atoms with Gasteiger partial charge in [0.05, 0.1) is 10.0 Å². The zero-order valence-corrected chi connectivity index (χ0v) is 18.1. The minimum Gasteiger partial charge on any atom is -0.508 e. The zero-order chi connectivity index (χ0) is 21.6. The van der Waals surface area contributed by atoms with E-state index >= 15 is 0 Å². The van der Waals surface area contributed by atoms with E-state index in [4.69, 9.17) is 46.4 Å². The summed E-state index contributed by atoms with van der Waals surface area (Å²) in [6.07, 6.45) is 0. The number of halogens is 4. The van der Waals surface area contributed by atoms with Crippen molar-refractivity contribution in [3.63, 3.8) is 0 Å². The van der Waals surface area contributed by atoms with E-state index in [0.717, 1.165) is 12.1 Å². The number of hydrogen-bond acceptors (Lipinski definition) is 4. The Bertz CT molecular complexity index is 1210. The van der Waals surface area contributed by atoms with Gasteiger partial charge in [-0.05, 0) is 24.3 Å². The van der Waals surface area contributed by atoms with Crippen LogP contribution >= 0.6 is 46.4 Å². The van der Waals surface area contributed by atoms with Crippen LogP contribution in [-0.4, -0.2) is 23.2 Å². The fourth-order valence-electron chi connectivity index (χ4n) is 3.23. The van der Waals surface area contributed by atoms with E-state index in [0.29, 0.717) is 0 Å². The van der Waals surface area contributed by atoms with E-state index in [1.165, 1.54) is 42.5 Å². The Labute approximate surface area is 186 Å². The molecule has 0 aromatic heterocycles. The number of para-hydroxylation sites is 1. The average molecular weight is 494 g/mol. The lowest BCUT2D eigenvalue weighted by atomic mass is 9.83. The number of benzene rings is 3. The van der Waals surface area contributed by atoms with Gasteiger partial charge in [-0.2, -0.15) is 8.42 Å². The van der Waals surface area contributed by atoms with Crippen LogP contribution in [0.15, 0.2) is 54.6 Å². The highest BCUT2D eigenvalue weighted by molar-refractivity contribution is 7.87. The Balaban J connectivity index is 2.66. The van der Waals surface area contributed by atoms with Gasteiger partial charge in [0.25, 0.3) is 10.1 Å². The van der Waals surface area contributed by atoms with Crippen molar-refractivity contribution in [1.29, 1.82) is 0 Å². The number of aromatic hydroxyl groups is 2. The first-order valence-electron chi connectivity index (χ1n) is 7.89. The molecule has 29 heavy (non-hydrogen) atoms. The second-order valence-corrected chi connectivity index (χ2v) is 9.28. The molecule has 1 atom stereocenters. The molecule has 0 saturated carbocycles. The molecule has 0 aliphatic carbocycles. The largest absolute Gasteiger partial charge is 0.508 e. The average Bonchev–Trinajstić information content (AvgIpc) is 2.61. The lowest BCUT2D eigenvalue weighted by Crippen LogP contribution is -2.39. The van der Waals surface area contributed by atoms with Crippen LogP contribution in [0, 0.1) is 0 Å². The predicted molar refractivity (Wildman–Crippen MR) is 114 cm³/mol. The van der Waals surface area contributed by atoms with E-state index in [-0.39, 0.29) is 36.8 Å². The van der Waals surface area contributed by atoms with Crippen LogP contribution in [-0.2, 0) is 14.9 Å². The maximum absolute atomic E-state index is 13.0. The summed E-state index contributed by atoms with van der Waals surface area (Å²) in [5.41, 5.74) is -0.719. The molecule has 3 aromatic rings. The molecule has 152 valence electrons. The van der Waals surface area contributed by atoms with Crippen LogP contribution in [0.1, 0.15) is 16.7 Å². The van der Waals surface area contributed by atoms with E-state index in [2.05, 4.69) is 0 Å². The van der Waals surface area contributed by atoms with Crippen molar-refractivity contribution in [2.24, 2.45) is 0 Å². The topological polar surface area (TPSA) is 94.8 Å². The Hall–Kier alpha value is -1.67. The maximum atomic E-state index is 13.0. The molecule has 3 aromatic carbocycles. The van der Waals surface area contributed by atoms with E-state index in [1.54, 1.807) is 0 Å². The van der Waals surface area contributed by atoms with Gasteiger partial charge in [0.15, 0.2) is 4.75 Å². The third kappa shape index (κ3) is 3.65. The number of hydrogen-bond donors (Lipinski definition) is 3. The third-order valence-corrected chi connectivity index (χ3v) is 7.16. The summed E-state index contributed by atoms with van der Waals surface area (Å²) >= 11 is 24.7. The lowest BCUT2D eigenvalue weighted by Gasteiger charge is -2.34. The first kappa shape index (κ1) is 22.0. The second kappa shape index (κ2) is 7.87. The summed E-state index contributed by atoms with van der Waals surface area (Å²) in [5.74, 6) is -0.880. The van der Waals surface area contributed by atoms with Crippen molar-refractivity contribution in [3.05, 3.63) is 91.4 Å². The molecular formula is C19H12Cl4O5S. The van der Waals surface area contributed by atoms with Crippen LogP contribution in [0.5, 0.6) is 11.5 Å². The standard InChI is InChI=1S/C19H12Cl4O5S/c20-10-5-6-12(15(21)7-10)19(29(26,27)28,13-3-1-2-4-17(13)25)14-8-11(24)9-16(22)18(14)23/h1-9,24-25H,(H,26,27,28). The Morgan fingerprint density at radius 1 is 0.759 bits per heavy atom. The van der Waals surface area contributed by atoms with Crippen molar-refractivity contribution in [2.45, 2.75) is 4.75 Å². The van der Waals surface area contributed by atoms with Crippen molar-refractivity contribution in [1.82, 2.24) is 0 Å². The Kier molecular flexibility index (Phi) is 5.98. The van der Waals surface area contributed by atoms with E-state index in [9.17, 15) is 23.2 Å². The molecule has 0 spiro atoms. The summed E-state index contributed by atoms with van der Waals surface area (Å²) < 4.78 is 33.9. The molecular weight excluding hydrogens is 482 g/mol. The fourth-order valence-corrected chi connectivity index (χ4v) is 5.70. The van der Waals surface area contributed by atoms with Gasteiger partial charge in [0.2, 0.25) is 0 Å². The van der Waals surface area contributed by atoms with Crippen molar-refractivity contribution in [2.75, 3.05) is 0 Å². The molecule has 3 rings (SSSR count). The Morgan fingerprint density at radius 2 is 1.41 bits per heavy atom. The number of rotatable bonds is 4. The first-order valence-corrected chi connectivity index (χ1v) is 10.8. The molecule has 0 fully saturated rings. The monoisotopic (exact) mass is 492 g/mol. The molecule has 0 radical (unpaired) electrons. The van der Waals surface area contributed by atoms with Gasteiger partial charge >= 0.3 is 0 Å². The molecule has 0 saturated heterocycles. The molecule has 0 amide bonds. The van der Waals surface area contributed by atoms with Gasteiger partial charge in [0, 0.05) is 32.8 Å². The minimum atomic E-state index is -5.14. The summed E-state index contributed by atoms with van der Waals surface area (Å²) in [7, 11) is -5.14. The van der Waals surface area contributed by atoms with Gasteiger partial charge in [-0.15, -0.1) is 0 Å². The zero-order valence-electron chi connectivity index (χ0n) is 14.3. The minimum absolute atomic E-state index is 0.131. The summed E-state index contributed by atoms with van der Waals surface area (Å²) in [6, 6.07) is 11.5. The third-order valence-electron chi connectivity index (χ3n) is 4.37. The lowest BCUT2D eigenvalue weighted by molar-refractivity contribution is 0.439. The predicted octanol–water partition coefficient (Wildman–Crippen LogP) is 5.89. The number of phenolic OH excluding ortho intramolecular Hbond substituents is 2. The molecule has 0 aliphatic heterocycles. The van der Waals surface area contributed by atoms with Crippen molar-refractivity contribution < 1.29 is 23.2 Å². The molecule has 0 bridgehead atoms. The summed E-state index contributed by atoms with van der Waals surface area (Å²) in [6.45, 7) is 0. The summed E-state index contributed by atoms with van der Waals surface area (Å²) in [5, 5.41) is 20.3. The Morgan fingerprint density at radius 3 is 2.00 bits per heavy atom. The molecule has 1 unspecified atom stereocenters. The van der Waals surface area contributed by atoms with E-state index in [1.807, 2.05) is 0 Å². The molecule has 10 heteroatoms. The maximum Gasteiger partial charge on any atom is 0.283 e. The molecule has 5 nitrogen and oxygen atoms in total. The van der Waals surface area contributed by atoms with Gasteiger partial charge < -0.3 is 10.2 Å². The van der Waals surface area contributed by atoms with Crippen molar-refractivity contribution >= 4 is 56.5 Å². The fraction of sp³-hybridized carbons (Fsp3) is 0.0526. The second-order valence-electron chi connectivity index (χ2n) is 6.09. The van der Waals surface area contributed by atoms with Gasteiger partial charge in [-0.25, -0.2) is 0 Å². The van der Waals surface area contributed by atoms with Gasteiger partial charge in [0.1, 0.15) is 11.5 Å². The summed E-state index contributed by atoms with van der Waals surface area (Å²) in [4.78, 5) is 0. The highest BCUT2D eigenvalue weighted by Crippen LogP contribution is 2.52. The van der Waals surface area contributed by atoms with Crippen LogP contribution in [0.3, 0.4) is 0 Å². The van der Waals surface area contributed by atoms with Gasteiger partial charge in [-0.1, -0.05) is 70.7 Å². The van der Waals surface area contributed by atoms with Crippen LogP contribution < -0.4 is 0 Å². The molecule has 0 aliphatic rings. The van der Waals surface area contributed by atoms with Gasteiger partial charge in [-0.3, -0.25) is 4.55 Å². The van der Waals surface area contributed by atoms with E-state index < -0.39 is 26.4 Å². The van der Waals surface area contributed by atoms with Crippen LogP contribution in [0.25, 0.3) is 0 Å². The van der Waals surface area contributed by atoms with Crippen molar-refractivity contribution in [3.8, 4) is 11.5 Å². The quantitative estimate of drug-likeness (QED) is 0.311. The number of phenols is 2. The van der Waals surface area contributed by atoms with Crippen LogP contribution in [0.2, 0.25) is 20.1 Å². The molecule has 3 N–H and O–H groups in total. The first-order chi connectivity index (χ1) is 13.5. The normalized spacial score (nSPS) is 13.8.